The van der Waals surface area contributed by atoms with E-state index >= 15 is 0 Å². The number of nitrogens with zero attached hydrogens (tertiary/aromatic N) is 2. The largest absolute Gasteiger partial charge is 0.494 e. The van der Waals surface area contributed by atoms with Gasteiger partial charge in [-0.2, -0.15) is 8.61 Å². The Morgan fingerprint density at radius 2 is 1.52 bits per heavy atom. The molecule has 0 spiro atoms. The Bertz CT molecular complexity index is 754. The summed E-state index contributed by atoms with van der Waals surface area (Å²) in [4.78, 5) is 0.173. The Morgan fingerprint density at radius 3 is 2.04 bits per heavy atom. The number of rotatable bonds is 8. The van der Waals surface area contributed by atoms with Crippen LogP contribution in [0.5, 0.6) is 5.75 Å². The fourth-order valence-electron chi connectivity index (χ4n) is 2.53. The molecule has 142 valence electrons. The summed E-state index contributed by atoms with van der Waals surface area (Å²) in [5.74, 6) is 0.505. The number of hydrogen-bond donors (Lipinski definition) is 0. The highest BCUT2D eigenvalue weighted by atomic mass is 32.2. The lowest BCUT2D eigenvalue weighted by molar-refractivity contribution is 0.213. The molecule has 1 aliphatic rings. The fourth-order valence-corrected chi connectivity index (χ4v) is 5.31. The van der Waals surface area contributed by atoms with Gasteiger partial charge < -0.3 is 9.47 Å². The van der Waals surface area contributed by atoms with Crippen LogP contribution in [0.1, 0.15) is 6.92 Å². The molecule has 0 saturated carbocycles. The van der Waals surface area contributed by atoms with E-state index < -0.39 is 20.0 Å². The van der Waals surface area contributed by atoms with Gasteiger partial charge in [0.25, 0.3) is 0 Å². The first-order chi connectivity index (χ1) is 11.8. The van der Waals surface area contributed by atoms with E-state index in [1.807, 2.05) is 6.92 Å². The number of sulfonamides is 2. The van der Waals surface area contributed by atoms with Gasteiger partial charge in [-0.05, 0) is 31.2 Å². The van der Waals surface area contributed by atoms with E-state index in [1.165, 1.54) is 27.9 Å². The highest BCUT2D eigenvalue weighted by Crippen LogP contribution is 2.21. The molecule has 0 radical (unpaired) electrons. The van der Waals surface area contributed by atoms with Crippen LogP contribution in [0, 0.1) is 0 Å². The van der Waals surface area contributed by atoms with Gasteiger partial charge in [0.05, 0.1) is 23.9 Å². The Hall–Kier alpha value is -1.20. The third-order valence-electron chi connectivity index (χ3n) is 3.91. The molecule has 1 aliphatic heterocycles. The molecule has 0 N–H and O–H groups in total. The predicted molar refractivity (Wildman–Crippen MR) is 93.6 cm³/mol. The molecular formula is C15H24N2O6S2. The van der Waals surface area contributed by atoms with E-state index in [0.29, 0.717) is 12.4 Å². The van der Waals surface area contributed by atoms with E-state index in [2.05, 4.69) is 0 Å². The lowest BCUT2D eigenvalue weighted by Gasteiger charge is -2.33. The second-order valence-corrected chi connectivity index (χ2v) is 9.54. The normalized spacial score (nSPS) is 17.5. The van der Waals surface area contributed by atoms with Crippen molar-refractivity contribution in [2.75, 3.05) is 52.3 Å². The maximum atomic E-state index is 12.7. The molecule has 0 bridgehead atoms. The Labute approximate surface area is 149 Å². The minimum atomic E-state index is -3.65. The van der Waals surface area contributed by atoms with Crippen LogP contribution < -0.4 is 4.74 Å². The van der Waals surface area contributed by atoms with E-state index in [0.717, 1.165) is 0 Å². The number of benzene rings is 1. The number of hydrogen-bond acceptors (Lipinski definition) is 6. The third kappa shape index (κ3) is 4.91. The highest BCUT2D eigenvalue weighted by molar-refractivity contribution is 7.89. The summed E-state index contributed by atoms with van der Waals surface area (Å²) in [7, 11) is -5.63. The summed E-state index contributed by atoms with van der Waals surface area (Å²) in [5, 5.41) is 0. The van der Waals surface area contributed by atoms with Gasteiger partial charge in [-0.15, -0.1) is 0 Å². The summed E-state index contributed by atoms with van der Waals surface area (Å²) in [5.41, 5.74) is 0. The maximum Gasteiger partial charge on any atom is 0.243 e. The molecule has 0 aliphatic carbocycles. The zero-order valence-corrected chi connectivity index (χ0v) is 16.1. The molecule has 1 heterocycles. The molecule has 8 nitrogen and oxygen atoms in total. The van der Waals surface area contributed by atoms with Crippen molar-refractivity contribution in [1.82, 2.24) is 8.61 Å². The van der Waals surface area contributed by atoms with Crippen molar-refractivity contribution in [3.05, 3.63) is 24.3 Å². The van der Waals surface area contributed by atoms with Gasteiger partial charge in [-0.25, -0.2) is 16.8 Å². The minimum absolute atomic E-state index is 0.102. The number of methoxy groups -OCH3 is 1. The molecule has 1 aromatic rings. The van der Waals surface area contributed by atoms with Gasteiger partial charge in [0.2, 0.25) is 20.0 Å². The topological polar surface area (TPSA) is 93.2 Å². The molecule has 25 heavy (non-hydrogen) atoms. The van der Waals surface area contributed by atoms with Crippen molar-refractivity contribution >= 4 is 20.0 Å². The van der Waals surface area contributed by atoms with Gasteiger partial charge in [0.15, 0.2) is 0 Å². The van der Waals surface area contributed by atoms with Crippen molar-refractivity contribution in [2.45, 2.75) is 11.8 Å². The van der Waals surface area contributed by atoms with E-state index in [4.69, 9.17) is 9.47 Å². The average molecular weight is 392 g/mol. The van der Waals surface area contributed by atoms with Crippen molar-refractivity contribution < 1.29 is 26.3 Å². The monoisotopic (exact) mass is 392 g/mol. The quantitative estimate of drug-likeness (QED) is 0.634. The molecule has 1 saturated heterocycles. The van der Waals surface area contributed by atoms with Crippen LogP contribution in [-0.4, -0.2) is 77.7 Å². The second kappa shape index (κ2) is 8.45. The summed E-state index contributed by atoms with van der Waals surface area (Å²) in [6.07, 6.45) is 0. The van der Waals surface area contributed by atoms with Gasteiger partial charge in [-0.3, -0.25) is 0 Å². The smallest absolute Gasteiger partial charge is 0.243 e. The zero-order valence-electron chi connectivity index (χ0n) is 14.4. The van der Waals surface area contributed by atoms with Crippen molar-refractivity contribution in [2.24, 2.45) is 0 Å². The van der Waals surface area contributed by atoms with Crippen LogP contribution in [0.25, 0.3) is 0 Å². The maximum absolute atomic E-state index is 12.7. The second-order valence-electron chi connectivity index (χ2n) is 5.52. The van der Waals surface area contributed by atoms with Crippen molar-refractivity contribution in [1.29, 1.82) is 0 Å². The molecule has 0 amide bonds. The molecule has 0 atom stereocenters. The lowest BCUT2D eigenvalue weighted by atomic mass is 10.3. The molecular weight excluding hydrogens is 368 g/mol. The minimum Gasteiger partial charge on any atom is -0.494 e. The summed E-state index contributed by atoms with van der Waals surface area (Å²) < 4.78 is 62.4. The van der Waals surface area contributed by atoms with E-state index in [9.17, 15) is 16.8 Å². The van der Waals surface area contributed by atoms with Crippen LogP contribution in [0.15, 0.2) is 29.2 Å². The first-order valence-corrected chi connectivity index (χ1v) is 11.1. The van der Waals surface area contributed by atoms with E-state index in [1.54, 1.807) is 12.1 Å². The van der Waals surface area contributed by atoms with Crippen LogP contribution in [0.2, 0.25) is 0 Å². The molecule has 1 aromatic carbocycles. The van der Waals surface area contributed by atoms with Gasteiger partial charge in [-0.1, -0.05) is 0 Å². The SMILES string of the molecule is CCOc1ccc(S(=O)(=O)N2CCN(S(=O)(=O)CCOC)CC2)cc1. The van der Waals surface area contributed by atoms with Crippen LogP contribution >= 0.6 is 0 Å². The first-order valence-electron chi connectivity index (χ1n) is 8.01. The average Bonchev–Trinajstić information content (AvgIpc) is 2.61. The third-order valence-corrected chi connectivity index (χ3v) is 7.66. The van der Waals surface area contributed by atoms with Gasteiger partial charge >= 0.3 is 0 Å². The van der Waals surface area contributed by atoms with E-state index in [-0.39, 0.29) is 43.4 Å². The molecule has 0 aromatic heterocycles. The summed E-state index contributed by atoms with van der Waals surface area (Å²) in [6, 6.07) is 6.23. The first kappa shape index (κ1) is 20.1. The fraction of sp³-hybridized carbons (Fsp3) is 0.600. The molecule has 2 rings (SSSR count). The van der Waals surface area contributed by atoms with Crippen LogP contribution in [0.4, 0.5) is 0 Å². The van der Waals surface area contributed by atoms with Crippen molar-refractivity contribution in [3.63, 3.8) is 0 Å². The summed E-state index contributed by atoms with van der Waals surface area (Å²) >= 11 is 0. The summed E-state index contributed by atoms with van der Waals surface area (Å²) in [6.45, 7) is 3.01. The zero-order chi connectivity index (χ0) is 18.5. The highest BCUT2D eigenvalue weighted by Gasteiger charge is 2.32. The Kier molecular flexibility index (Phi) is 6.80. The number of ether oxygens (including phenoxy) is 2. The molecule has 0 unspecified atom stereocenters. The Balaban J connectivity index is 2.03. The predicted octanol–water partition coefficient (Wildman–Crippen LogP) is 0.368. The van der Waals surface area contributed by atoms with Gasteiger partial charge in [0.1, 0.15) is 5.75 Å². The van der Waals surface area contributed by atoms with Crippen LogP contribution in [-0.2, 0) is 24.8 Å². The van der Waals surface area contributed by atoms with Crippen LogP contribution in [0.3, 0.4) is 0 Å². The standard InChI is InChI=1S/C15H24N2O6S2/c1-3-23-14-4-6-15(7-5-14)25(20,21)17-10-8-16(9-11-17)24(18,19)13-12-22-2/h4-7H,3,8-13H2,1-2H3. The number of piperazine rings is 1. The Morgan fingerprint density at radius 1 is 0.960 bits per heavy atom. The molecule has 1 fully saturated rings. The van der Waals surface area contributed by atoms with Crippen molar-refractivity contribution in [3.8, 4) is 5.75 Å². The van der Waals surface area contributed by atoms with Gasteiger partial charge in [0, 0.05) is 33.3 Å². The molecule has 10 heteroatoms. The lowest BCUT2D eigenvalue weighted by Crippen LogP contribution is -2.51.